The van der Waals surface area contributed by atoms with Crippen LogP contribution in [-0.4, -0.2) is 35.9 Å². The van der Waals surface area contributed by atoms with Gasteiger partial charge in [0.1, 0.15) is 5.75 Å². The fourth-order valence-electron chi connectivity index (χ4n) is 1.48. The molecule has 6 heteroatoms. The van der Waals surface area contributed by atoms with Gasteiger partial charge in [0.25, 0.3) is 0 Å². The topological polar surface area (TPSA) is 100 Å². The van der Waals surface area contributed by atoms with Gasteiger partial charge in [0.2, 0.25) is 0 Å². The first-order valence-electron chi connectivity index (χ1n) is 5.61. The van der Waals surface area contributed by atoms with Crippen molar-refractivity contribution >= 4 is 5.84 Å². The summed E-state index contributed by atoms with van der Waals surface area (Å²) in [5.41, 5.74) is 7.03. The Kier molecular flexibility index (Phi) is 5.41. The van der Waals surface area contributed by atoms with Crippen LogP contribution in [0.5, 0.6) is 5.75 Å². The first-order valence-corrected chi connectivity index (χ1v) is 5.61. The minimum absolute atomic E-state index is 0.0118. The van der Waals surface area contributed by atoms with Gasteiger partial charge in [0, 0.05) is 23.7 Å². The Morgan fingerprint density at radius 2 is 2.28 bits per heavy atom. The molecule has 6 nitrogen and oxygen atoms in total. The maximum atomic E-state index is 8.95. The summed E-state index contributed by atoms with van der Waals surface area (Å²) in [7, 11) is 1.58. The number of rotatable bonds is 6. The molecule has 100 valence electrons. The quantitative estimate of drug-likeness (QED) is 0.252. The molecule has 0 aromatic heterocycles. The van der Waals surface area contributed by atoms with Crippen LogP contribution in [0.4, 0.5) is 0 Å². The van der Waals surface area contributed by atoms with Gasteiger partial charge in [-0.3, -0.25) is 0 Å². The van der Waals surface area contributed by atoms with E-state index < -0.39 is 0 Å². The third-order valence-electron chi connectivity index (χ3n) is 2.60. The van der Waals surface area contributed by atoms with E-state index in [1.165, 1.54) is 0 Å². The lowest BCUT2D eigenvalue weighted by Crippen LogP contribution is -2.29. The molecule has 0 aliphatic heterocycles. The van der Waals surface area contributed by atoms with Crippen LogP contribution in [0.25, 0.3) is 0 Å². The Morgan fingerprint density at radius 3 is 2.83 bits per heavy atom. The lowest BCUT2D eigenvalue weighted by atomic mass is 10.1. The van der Waals surface area contributed by atoms with Crippen LogP contribution in [0.1, 0.15) is 18.1 Å². The first kappa shape index (κ1) is 14.3. The molecular formula is C12H19N3O3. The minimum atomic E-state index is -0.0118. The Morgan fingerprint density at radius 1 is 1.56 bits per heavy atom. The van der Waals surface area contributed by atoms with Gasteiger partial charge in [0.15, 0.2) is 5.84 Å². The Labute approximate surface area is 106 Å². The summed E-state index contributed by atoms with van der Waals surface area (Å²) < 4.78 is 5.23. The minimum Gasteiger partial charge on any atom is -0.496 e. The van der Waals surface area contributed by atoms with Crippen LogP contribution in [-0.2, 0) is 6.54 Å². The summed E-state index contributed by atoms with van der Waals surface area (Å²) in [6.45, 7) is 2.46. The van der Waals surface area contributed by atoms with E-state index in [0.29, 0.717) is 17.9 Å². The third-order valence-corrected chi connectivity index (χ3v) is 2.60. The number of hydrogen-bond donors (Lipinski definition) is 4. The molecule has 1 atom stereocenters. The van der Waals surface area contributed by atoms with Gasteiger partial charge in [-0.1, -0.05) is 5.16 Å². The number of oxime groups is 1. The van der Waals surface area contributed by atoms with Gasteiger partial charge in [0.05, 0.1) is 13.7 Å². The maximum Gasteiger partial charge on any atom is 0.170 e. The zero-order valence-corrected chi connectivity index (χ0v) is 10.6. The number of benzene rings is 1. The van der Waals surface area contributed by atoms with Crippen molar-refractivity contribution in [2.75, 3.05) is 13.7 Å². The van der Waals surface area contributed by atoms with Crippen LogP contribution in [0.15, 0.2) is 23.4 Å². The van der Waals surface area contributed by atoms with Crippen molar-refractivity contribution in [3.8, 4) is 5.75 Å². The van der Waals surface area contributed by atoms with E-state index in [0.717, 1.165) is 5.56 Å². The molecule has 0 spiro atoms. The summed E-state index contributed by atoms with van der Waals surface area (Å²) in [5, 5.41) is 23.7. The monoisotopic (exact) mass is 253 g/mol. The van der Waals surface area contributed by atoms with Crippen LogP contribution >= 0.6 is 0 Å². The molecule has 0 bridgehead atoms. The predicted octanol–water partition coefficient (Wildman–Crippen LogP) is 0.260. The summed E-state index contributed by atoms with van der Waals surface area (Å²) in [6.07, 6.45) is 0. The molecule has 0 heterocycles. The van der Waals surface area contributed by atoms with E-state index >= 15 is 0 Å². The number of nitrogens with two attached hydrogens (primary N) is 1. The smallest absolute Gasteiger partial charge is 0.170 e. The summed E-state index contributed by atoms with van der Waals surface area (Å²) in [5.74, 6) is 0.760. The van der Waals surface area contributed by atoms with Gasteiger partial charge in [-0.05, 0) is 25.1 Å². The second kappa shape index (κ2) is 6.83. The highest BCUT2D eigenvalue weighted by atomic mass is 16.5. The zero-order chi connectivity index (χ0) is 13.5. The molecule has 0 fully saturated rings. The SMILES string of the molecule is COc1ccc(/C(N)=N/O)cc1CNC(C)CO. The van der Waals surface area contributed by atoms with Crippen molar-refractivity contribution in [1.82, 2.24) is 5.32 Å². The van der Waals surface area contributed by atoms with Crippen LogP contribution in [0, 0.1) is 0 Å². The van der Waals surface area contributed by atoms with E-state index in [9.17, 15) is 0 Å². The highest BCUT2D eigenvalue weighted by Crippen LogP contribution is 2.19. The molecule has 18 heavy (non-hydrogen) atoms. The van der Waals surface area contributed by atoms with E-state index in [4.69, 9.17) is 20.8 Å². The van der Waals surface area contributed by atoms with Gasteiger partial charge in [-0.15, -0.1) is 0 Å². The van der Waals surface area contributed by atoms with Crippen LogP contribution < -0.4 is 15.8 Å². The van der Waals surface area contributed by atoms with Gasteiger partial charge < -0.3 is 26.1 Å². The lowest BCUT2D eigenvalue weighted by Gasteiger charge is -2.14. The number of ether oxygens (including phenoxy) is 1. The predicted molar refractivity (Wildman–Crippen MR) is 68.9 cm³/mol. The van der Waals surface area contributed by atoms with Crippen molar-refractivity contribution in [2.45, 2.75) is 19.5 Å². The average molecular weight is 253 g/mol. The summed E-state index contributed by atoms with van der Waals surface area (Å²) in [6, 6.07) is 5.24. The molecule has 0 aliphatic rings. The Hall–Kier alpha value is -1.79. The normalized spacial score (nSPS) is 13.4. The number of nitrogens with one attached hydrogen (secondary N) is 1. The summed E-state index contributed by atoms with van der Waals surface area (Å²) in [4.78, 5) is 0. The van der Waals surface area contributed by atoms with Crippen LogP contribution in [0.3, 0.4) is 0 Å². The molecule has 0 radical (unpaired) electrons. The number of aliphatic hydroxyl groups is 1. The summed E-state index contributed by atoms with van der Waals surface area (Å²) >= 11 is 0. The van der Waals surface area contributed by atoms with E-state index in [2.05, 4.69) is 10.5 Å². The molecule has 0 aliphatic carbocycles. The highest BCUT2D eigenvalue weighted by Gasteiger charge is 2.08. The second-order valence-electron chi connectivity index (χ2n) is 3.98. The van der Waals surface area contributed by atoms with Crippen molar-refractivity contribution < 1.29 is 15.1 Å². The maximum absolute atomic E-state index is 8.95. The highest BCUT2D eigenvalue weighted by molar-refractivity contribution is 5.97. The van der Waals surface area contributed by atoms with Crippen LogP contribution in [0.2, 0.25) is 0 Å². The van der Waals surface area contributed by atoms with Gasteiger partial charge >= 0.3 is 0 Å². The molecule has 5 N–H and O–H groups in total. The first-order chi connectivity index (χ1) is 8.62. The van der Waals surface area contributed by atoms with E-state index in [1.54, 1.807) is 25.3 Å². The number of amidine groups is 1. The fourth-order valence-corrected chi connectivity index (χ4v) is 1.48. The second-order valence-corrected chi connectivity index (χ2v) is 3.98. The van der Waals surface area contributed by atoms with Gasteiger partial charge in [-0.2, -0.15) is 0 Å². The average Bonchev–Trinajstić information content (AvgIpc) is 2.43. The number of aliphatic hydroxyl groups excluding tert-OH is 1. The van der Waals surface area contributed by atoms with E-state index in [-0.39, 0.29) is 18.5 Å². The van der Waals surface area contributed by atoms with Gasteiger partial charge in [-0.25, -0.2) is 0 Å². The molecule has 1 aromatic carbocycles. The molecule has 0 saturated heterocycles. The van der Waals surface area contributed by atoms with Crippen molar-refractivity contribution in [3.63, 3.8) is 0 Å². The third kappa shape index (κ3) is 3.61. The molecule has 1 unspecified atom stereocenters. The number of nitrogens with zero attached hydrogens (tertiary/aromatic N) is 1. The zero-order valence-electron chi connectivity index (χ0n) is 10.6. The number of hydrogen-bond acceptors (Lipinski definition) is 5. The largest absolute Gasteiger partial charge is 0.496 e. The van der Waals surface area contributed by atoms with Crippen molar-refractivity contribution in [2.24, 2.45) is 10.9 Å². The number of methoxy groups -OCH3 is 1. The Balaban J connectivity index is 2.92. The standard InChI is InChI=1S/C12H19N3O3/c1-8(7-16)14-6-10-5-9(12(13)15-17)3-4-11(10)18-2/h3-5,8,14,16-17H,6-7H2,1-2H3,(H2,13,15). The molecule has 0 saturated carbocycles. The van der Waals surface area contributed by atoms with E-state index in [1.807, 2.05) is 6.92 Å². The molecule has 1 rings (SSSR count). The molecule has 1 aromatic rings. The van der Waals surface area contributed by atoms with Crippen molar-refractivity contribution in [1.29, 1.82) is 0 Å². The molecule has 0 amide bonds. The lowest BCUT2D eigenvalue weighted by molar-refractivity contribution is 0.250. The Bertz CT molecular complexity index is 421. The molecular weight excluding hydrogens is 234 g/mol. The van der Waals surface area contributed by atoms with Crippen molar-refractivity contribution in [3.05, 3.63) is 29.3 Å². The fraction of sp³-hybridized carbons (Fsp3) is 0.417.